The van der Waals surface area contributed by atoms with E-state index in [0.29, 0.717) is 18.9 Å². The molecule has 0 aromatic carbocycles. The summed E-state index contributed by atoms with van der Waals surface area (Å²) in [5.74, 6) is 1.88. The fraction of sp³-hybridized carbons (Fsp3) is 0.812. The monoisotopic (exact) mass is 307 g/mol. The molecule has 1 amide bonds. The molecule has 22 heavy (non-hydrogen) atoms. The van der Waals surface area contributed by atoms with Crippen molar-refractivity contribution in [1.82, 2.24) is 15.0 Å². The minimum Gasteiger partial charge on any atom is -0.378 e. The molecule has 2 saturated heterocycles. The zero-order valence-corrected chi connectivity index (χ0v) is 13.3. The van der Waals surface area contributed by atoms with Gasteiger partial charge in [0.2, 0.25) is 11.8 Å². The summed E-state index contributed by atoms with van der Waals surface area (Å²) in [6.45, 7) is 4.41. The first-order valence-electron chi connectivity index (χ1n) is 8.48. The third-order valence-corrected chi connectivity index (χ3v) is 4.63. The van der Waals surface area contributed by atoms with Gasteiger partial charge in [0.05, 0.1) is 6.10 Å². The van der Waals surface area contributed by atoms with Crippen molar-refractivity contribution >= 4 is 5.91 Å². The molecule has 122 valence electrons. The number of likely N-dealkylation sites (tertiary alicyclic amines) is 1. The quantitative estimate of drug-likeness (QED) is 0.835. The van der Waals surface area contributed by atoms with Crippen molar-refractivity contribution in [2.45, 2.75) is 63.9 Å². The minimum atomic E-state index is 0.212. The summed E-state index contributed by atoms with van der Waals surface area (Å²) in [4.78, 5) is 18.8. The van der Waals surface area contributed by atoms with Gasteiger partial charge in [-0.05, 0) is 32.1 Å². The normalized spacial score (nSPS) is 25.6. The lowest BCUT2D eigenvalue weighted by Gasteiger charge is -2.31. The van der Waals surface area contributed by atoms with Crippen molar-refractivity contribution in [1.29, 1.82) is 0 Å². The van der Waals surface area contributed by atoms with E-state index >= 15 is 0 Å². The van der Waals surface area contributed by atoms with E-state index in [0.717, 1.165) is 57.5 Å². The van der Waals surface area contributed by atoms with E-state index in [2.05, 4.69) is 10.1 Å². The number of piperidine rings is 1. The molecule has 0 spiro atoms. The highest BCUT2D eigenvalue weighted by Crippen LogP contribution is 2.26. The Bertz CT molecular complexity index is 497. The third kappa shape index (κ3) is 3.66. The molecular weight excluding hydrogens is 282 g/mol. The van der Waals surface area contributed by atoms with Crippen LogP contribution in [-0.4, -0.2) is 46.7 Å². The minimum absolute atomic E-state index is 0.212. The average Bonchev–Trinajstić information content (AvgIpc) is 3.24. The van der Waals surface area contributed by atoms with Crippen molar-refractivity contribution in [2.75, 3.05) is 19.7 Å². The number of nitrogens with zero attached hydrogens (tertiary/aromatic N) is 3. The lowest BCUT2D eigenvalue weighted by Crippen LogP contribution is -2.39. The smallest absolute Gasteiger partial charge is 0.226 e. The summed E-state index contributed by atoms with van der Waals surface area (Å²) in [7, 11) is 0. The molecule has 3 heterocycles. The average molecular weight is 307 g/mol. The molecular formula is C16H25N3O3. The topological polar surface area (TPSA) is 68.5 Å². The molecule has 6 heteroatoms. The molecule has 0 bridgehead atoms. The van der Waals surface area contributed by atoms with Crippen LogP contribution in [0.1, 0.15) is 63.1 Å². The van der Waals surface area contributed by atoms with E-state index in [1.165, 1.54) is 0 Å². The van der Waals surface area contributed by atoms with Gasteiger partial charge in [-0.3, -0.25) is 4.79 Å². The molecule has 0 N–H and O–H groups in total. The Labute approximate surface area is 131 Å². The highest BCUT2D eigenvalue weighted by molar-refractivity contribution is 5.76. The van der Waals surface area contributed by atoms with Gasteiger partial charge in [-0.2, -0.15) is 4.98 Å². The standard InChI is InChI=1S/C16H25N3O3/c1-2-14-17-16(18-22-14)12-5-3-9-19(11-12)15(20)8-7-13-6-4-10-21-13/h12-13H,2-11H2,1H3. The molecule has 1 aromatic rings. The van der Waals surface area contributed by atoms with Gasteiger partial charge in [-0.25, -0.2) is 0 Å². The van der Waals surface area contributed by atoms with Crippen LogP contribution in [0.4, 0.5) is 0 Å². The number of rotatable bonds is 5. The Morgan fingerprint density at radius 2 is 2.27 bits per heavy atom. The fourth-order valence-corrected chi connectivity index (χ4v) is 3.31. The highest BCUT2D eigenvalue weighted by atomic mass is 16.5. The van der Waals surface area contributed by atoms with Gasteiger partial charge < -0.3 is 14.2 Å². The fourth-order valence-electron chi connectivity index (χ4n) is 3.31. The lowest BCUT2D eigenvalue weighted by molar-refractivity contribution is -0.133. The van der Waals surface area contributed by atoms with Crippen LogP contribution >= 0.6 is 0 Å². The molecule has 6 nitrogen and oxygen atoms in total. The SMILES string of the molecule is CCc1nc(C2CCCN(C(=O)CCC3CCCO3)C2)no1. The lowest BCUT2D eigenvalue weighted by atomic mass is 9.97. The Kier molecular flexibility index (Phi) is 5.08. The van der Waals surface area contributed by atoms with Crippen LogP contribution in [0.5, 0.6) is 0 Å². The molecule has 0 saturated carbocycles. The number of hydrogen-bond donors (Lipinski definition) is 0. The molecule has 3 rings (SSSR count). The molecule has 0 radical (unpaired) electrons. The summed E-state index contributed by atoms with van der Waals surface area (Å²) < 4.78 is 10.8. The van der Waals surface area contributed by atoms with E-state index < -0.39 is 0 Å². The first-order chi connectivity index (χ1) is 10.8. The molecule has 1 aromatic heterocycles. The number of carbonyl (C=O) groups is 1. The summed E-state index contributed by atoms with van der Waals surface area (Å²) >= 11 is 0. The second kappa shape index (κ2) is 7.22. The largest absolute Gasteiger partial charge is 0.378 e. The first kappa shape index (κ1) is 15.5. The number of aromatic nitrogens is 2. The Hall–Kier alpha value is -1.43. The molecule has 2 unspecified atom stereocenters. The van der Waals surface area contributed by atoms with Crippen LogP contribution in [0, 0.1) is 0 Å². The van der Waals surface area contributed by atoms with Crippen LogP contribution in [-0.2, 0) is 16.0 Å². The van der Waals surface area contributed by atoms with E-state index in [4.69, 9.17) is 9.26 Å². The molecule has 0 aliphatic carbocycles. The van der Waals surface area contributed by atoms with E-state index in [9.17, 15) is 4.79 Å². The zero-order chi connectivity index (χ0) is 15.4. The molecule has 2 fully saturated rings. The Morgan fingerprint density at radius 3 is 3.00 bits per heavy atom. The summed E-state index contributed by atoms with van der Waals surface area (Å²) in [6, 6.07) is 0. The second-order valence-electron chi connectivity index (χ2n) is 6.25. The number of aryl methyl sites for hydroxylation is 1. The third-order valence-electron chi connectivity index (χ3n) is 4.63. The van der Waals surface area contributed by atoms with E-state index in [1.54, 1.807) is 0 Å². The Balaban J connectivity index is 1.51. The predicted octanol–water partition coefficient (Wildman–Crippen LogP) is 2.30. The van der Waals surface area contributed by atoms with Crippen LogP contribution in [0.15, 0.2) is 4.52 Å². The number of hydrogen-bond acceptors (Lipinski definition) is 5. The maximum Gasteiger partial charge on any atom is 0.226 e. The van der Waals surface area contributed by atoms with Gasteiger partial charge in [0.1, 0.15) is 0 Å². The number of ether oxygens (including phenoxy) is 1. The maximum absolute atomic E-state index is 12.4. The number of carbonyl (C=O) groups excluding carboxylic acids is 1. The highest BCUT2D eigenvalue weighted by Gasteiger charge is 2.28. The van der Waals surface area contributed by atoms with E-state index in [1.807, 2.05) is 11.8 Å². The van der Waals surface area contributed by atoms with Gasteiger partial charge in [0.15, 0.2) is 5.82 Å². The van der Waals surface area contributed by atoms with Crippen molar-refractivity contribution in [3.8, 4) is 0 Å². The zero-order valence-electron chi connectivity index (χ0n) is 13.3. The van der Waals surface area contributed by atoms with Crippen LogP contribution < -0.4 is 0 Å². The van der Waals surface area contributed by atoms with Crippen molar-refractivity contribution in [2.24, 2.45) is 0 Å². The maximum atomic E-state index is 12.4. The second-order valence-corrected chi connectivity index (χ2v) is 6.25. The van der Waals surface area contributed by atoms with Crippen molar-refractivity contribution in [3.05, 3.63) is 11.7 Å². The van der Waals surface area contributed by atoms with Crippen molar-refractivity contribution in [3.63, 3.8) is 0 Å². The first-order valence-corrected chi connectivity index (χ1v) is 8.48. The molecule has 2 atom stereocenters. The predicted molar refractivity (Wildman–Crippen MR) is 80.4 cm³/mol. The van der Waals surface area contributed by atoms with Gasteiger partial charge in [-0.1, -0.05) is 12.1 Å². The van der Waals surface area contributed by atoms with Gasteiger partial charge in [0.25, 0.3) is 0 Å². The molecule has 2 aliphatic rings. The van der Waals surface area contributed by atoms with Crippen LogP contribution in [0.25, 0.3) is 0 Å². The Morgan fingerprint density at radius 1 is 1.36 bits per heavy atom. The summed E-state index contributed by atoms with van der Waals surface area (Å²) in [5, 5.41) is 4.07. The summed E-state index contributed by atoms with van der Waals surface area (Å²) in [5.41, 5.74) is 0. The number of amides is 1. The van der Waals surface area contributed by atoms with E-state index in [-0.39, 0.29) is 17.9 Å². The van der Waals surface area contributed by atoms with Gasteiger partial charge >= 0.3 is 0 Å². The van der Waals surface area contributed by atoms with Gasteiger partial charge in [-0.15, -0.1) is 0 Å². The van der Waals surface area contributed by atoms with Gasteiger partial charge in [0, 0.05) is 38.5 Å². The van der Waals surface area contributed by atoms with Crippen molar-refractivity contribution < 1.29 is 14.1 Å². The molecule has 2 aliphatic heterocycles. The summed E-state index contributed by atoms with van der Waals surface area (Å²) in [6.07, 6.45) is 6.73. The van der Waals surface area contributed by atoms with Crippen LogP contribution in [0.3, 0.4) is 0 Å². The van der Waals surface area contributed by atoms with Crippen LogP contribution in [0.2, 0.25) is 0 Å².